The smallest absolute Gasteiger partial charge is 0.228 e. The van der Waals surface area contributed by atoms with Crippen LogP contribution in [0.2, 0.25) is 0 Å². The second-order valence-electron chi connectivity index (χ2n) is 5.90. The summed E-state index contributed by atoms with van der Waals surface area (Å²) in [5.74, 6) is -0.962. The van der Waals surface area contributed by atoms with Crippen molar-refractivity contribution in [2.75, 3.05) is 0 Å². The van der Waals surface area contributed by atoms with E-state index in [4.69, 9.17) is 4.42 Å². The topological polar surface area (TPSA) is 52.2 Å². The van der Waals surface area contributed by atoms with E-state index in [2.05, 4.69) is 0 Å². The first-order valence-corrected chi connectivity index (χ1v) is 7.44. The van der Waals surface area contributed by atoms with Gasteiger partial charge in [0.25, 0.3) is 0 Å². The molecule has 1 aliphatic rings. The third kappa shape index (κ3) is 1.82. The van der Waals surface area contributed by atoms with Crippen LogP contribution in [0.4, 0.5) is 4.39 Å². The van der Waals surface area contributed by atoms with E-state index >= 15 is 0 Å². The fourth-order valence-corrected chi connectivity index (χ4v) is 3.27. The van der Waals surface area contributed by atoms with Gasteiger partial charge >= 0.3 is 0 Å². The molecule has 0 unspecified atom stereocenters. The minimum Gasteiger partial charge on any atom is -0.454 e. The van der Waals surface area contributed by atoms with Gasteiger partial charge in [0, 0.05) is 23.7 Å². The van der Waals surface area contributed by atoms with E-state index in [0.29, 0.717) is 24.3 Å². The van der Waals surface area contributed by atoms with Gasteiger partial charge in [0.05, 0.1) is 5.56 Å². The van der Waals surface area contributed by atoms with Gasteiger partial charge in [0.15, 0.2) is 17.4 Å². The molecule has 0 radical (unpaired) electrons. The zero-order valence-corrected chi connectivity index (χ0v) is 12.8. The average Bonchev–Trinajstić information content (AvgIpc) is 2.90. The first-order chi connectivity index (χ1) is 11.0. The second kappa shape index (κ2) is 4.65. The molecule has 1 aromatic carbocycles. The van der Waals surface area contributed by atoms with Gasteiger partial charge in [-0.25, -0.2) is 4.39 Å². The number of hydrogen-bond acceptors (Lipinski definition) is 3. The number of nitrogens with zero attached hydrogens (tertiary/aromatic N) is 1. The quantitative estimate of drug-likeness (QED) is 0.647. The highest BCUT2D eigenvalue weighted by molar-refractivity contribution is 5.94. The number of rotatable bonds is 1. The molecular weight excluding hydrogens is 297 g/mol. The molecule has 0 spiro atoms. The molecule has 3 heterocycles. The number of hydrogen-bond donors (Lipinski definition) is 0. The highest BCUT2D eigenvalue weighted by Gasteiger charge is 2.28. The molecule has 0 bridgehead atoms. The standard InChI is InChI=1S/C18H14FNO3/c1-9-4-3-5-11-12-6-7-20-8-13(10(2)21)16(22)14(19)15(20)18(12)23-17(9)11/h3-5,8H,6-7H2,1-2H3. The number of furan rings is 1. The number of fused-ring (bicyclic) bond motifs is 5. The molecule has 2 aromatic heterocycles. The summed E-state index contributed by atoms with van der Waals surface area (Å²) in [6, 6.07) is 5.81. The third-order valence-electron chi connectivity index (χ3n) is 4.44. The summed E-state index contributed by atoms with van der Waals surface area (Å²) in [4.78, 5) is 23.7. The molecule has 0 N–H and O–H groups in total. The van der Waals surface area contributed by atoms with Crippen LogP contribution >= 0.6 is 0 Å². The maximum Gasteiger partial charge on any atom is 0.228 e. The van der Waals surface area contributed by atoms with Crippen LogP contribution in [-0.2, 0) is 13.0 Å². The Labute approximate surface area is 131 Å². The summed E-state index contributed by atoms with van der Waals surface area (Å²) in [7, 11) is 0. The van der Waals surface area contributed by atoms with Crippen molar-refractivity contribution in [3.05, 3.63) is 57.1 Å². The van der Waals surface area contributed by atoms with Gasteiger partial charge in [-0.05, 0) is 25.8 Å². The molecule has 116 valence electrons. The minimum atomic E-state index is -0.921. The number of para-hydroxylation sites is 1. The molecule has 0 aliphatic carbocycles. The van der Waals surface area contributed by atoms with Gasteiger partial charge < -0.3 is 8.98 Å². The van der Waals surface area contributed by atoms with Gasteiger partial charge in [-0.3, -0.25) is 9.59 Å². The molecule has 4 rings (SSSR count). The largest absolute Gasteiger partial charge is 0.454 e. The second-order valence-corrected chi connectivity index (χ2v) is 5.90. The molecule has 0 saturated heterocycles. The van der Waals surface area contributed by atoms with Crippen LogP contribution in [-0.4, -0.2) is 10.4 Å². The molecule has 3 aromatic rings. The van der Waals surface area contributed by atoms with Crippen molar-refractivity contribution in [2.45, 2.75) is 26.8 Å². The lowest BCUT2D eigenvalue weighted by Crippen LogP contribution is -2.24. The summed E-state index contributed by atoms with van der Waals surface area (Å²) < 4.78 is 22.2. The van der Waals surface area contributed by atoms with Crippen molar-refractivity contribution < 1.29 is 13.6 Å². The molecule has 1 aliphatic heterocycles. The number of benzene rings is 1. The predicted molar refractivity (Wildman–Crippen MR) is 84.3 cm³/mol. The lowest BCUT2D eigenvalue weighted by Gasteiger charge is -2.19. The van der Waals surface area contributed by atoms with Crippen molar-refractivity contribution >= 4 is 16.8 Å². The maximum atomic E-state index is 14.7. The fourth-order valence-electron chi connectivity index (χ4n) is 3.27. The van der Waals surface area contributed by atoms with E-state index in [-0.39, 0.29) is 11.3 Å². The summed E-state index contributed by atoms with van der Waals surface area (Å²) in [6.45, 7) is 3.70. The molecule has 0 atom stereocenters. The summed E-state index contributed by atoms with van der Waals surface area (Å²) in [5, 5.41) is 0.953. The normalized spacial score (nSPS) is 13.0. The van der Waals surface area contributed by atoms with Crippen LogP contribution in [0.25, 0.3) is 22.4 Å². The first kappa shape index (κ1) is 13.9. The van der Waals surface area contributed by atoms with Crippen LogP contribution in [0.5, 0.6) is 0 Å². The Morgan fingerprint density at radius 3 is 2.87 bits per heavy atom. The highest BCUT2D eigenvalue weighted by Crippen LogP contribution is 2.38. The molecule has 5 heteroatoms. The van der Waals surface area contributed by atoms with E-state index in [9.17, 15) is 14.0 Å². The lowest BCUT2D eigenvalue weighted by molar-refractivity contribution is 0.101. The molecule has 4 nitrogen and oxygen atoms in total. The summed E-state index contributed by atoms with van der Waals surface area (Å²) in [6.07, 6.45) is 2.10. The molecular formula is C18H14FNO3. The van der Waals surface area contributed by atoms with Crippen LogP contribution in [0.1, 0.15) is 28.4 Å². The van der Waals surface area contributed by atoms with E-state index < -0.39 is 17.0 Å². The van der Waals surface area contributed by atoms with Gasteiger partial charge in [-0.15, -0.1) is 0 Å². The Morgan fingerprint density at radius 2 is 2.13 bits per heavy atom. The number of aryl methyl sites for hydroxylation is 3. The van der Waals surface area contributed by atoms with E-state index in [1.54, 1.807) is 4.57 Å². The number of ketones is 1. The number of carbonyl (C=O) groups excluding carboxylic acids is 1. The van der Waals surface area contributed by atoms with Crippen molar-refractivity contribution in [3.8, 4) is 11.5 Å². The van der Waals surface area contributed by atoms with Crippen LogP contribution in [0.15, 0.2) is 33.6 Å². The zero-order valence-electron chi connectivity index (χ0n) is 12.8. The molecule has 0 fully saturated rings. The molecule has 0 saturated carbocycles. The van der Waals surface area contributed by atoms with E-state index in [0.717, 1.165) is 16.5 Å². The lowest BCUT2D eigenvalue weighted by atomic mass is 9.99. The van der Waals surface area contributed by atoms with Crippen LogP contribution < -0.4 is 5.43 Å². The zero-order chi connectivity index (χ0) is 16.3. The summed E-state index contributed by atoms with van der Waals surface area (Å²) >= 11 is 0. The number of carbonyl (C=O) groups is 1. The number of aromatic nitrogens is 1. The Hall–Kier alpha value is -2.69. The average molecular weight is 311 g/mol. The Balaban J connectivity index is 2.10. The monoisotopic (exact) mass is 311 g/mol. The number of pyridine rings is 1. The Bertz CT molecular complexity index is 1040. The van der Waals surface area contributed by atoms with Crippen molar-refractivity contribution in [3.63, 3.8) is 0 Å². The van der Waals surface area contributed by atoms with E-state index in [1.165, 1.54) is 13.1 Å². The van der Waals surface area contributed by atoms with Gasteiger partial charge in [0.2, 0.25) is 5.43 Å². The molecule has 0 amide bonds. The van der Waals surface area contributed by atoms with Crippen LogP contribution in [0, 0.1) is 12.7 Å². The van der Waals surface area contributed by atoms with Gasteiger partial charge in [-0.2, -0.15) is 0 Å². The van der Waals surface area contributed by atoms with Crippen LogP contribution in [0.3, 0.4) is 0 Å². The van der Waals surface area contributed by atoms with Gasteiger partial charge in [-0.1, -0.05) is 18.2 Å². The van der Waals surface area contributed by atoms with Crippen molar-refractivity contribution in [1.29, 1.82) is 0 Å². The Kier molecular flexibility index (Phi) is 2.82. The number of Topliss-reactive ketones (excluding diaryl/α,β-unsaturated/α-hetero) is 1. The minimum absolute atomic E-state index is 0.123. The summed E-state index contributed by atoms with van der Waals surface area (Å²) in [5.41, 5.74) is 1.74. The fraction of sp³-hybridized carbons (Fsp3) is 0.222. The third-order valence-corrected chi connectivity index (χ3v) is 4.44. The first-order valence-electron chi connectivity index (χ1n) is 7.44. The molecule has 23 heavy (non-hydrogen) atoms. The van der Waals surface area contributed by atoms with Gasteiger partial charge in [0.1, 0.15) is 11.3 Å². The van der Waals surface area contributed by atoms with Crippen molar-refractivity contribution in [2.24, 2.45) is 0 Å². The highest BCUT2D eigenvalue weighted by atomic mass is 19.1. The maximum absolute atomic E-state index is 14.7. The van der Waals surface area contributed by atoms with Crippen molar-refractivity contribution in [1.82, 2.24) is 4.57 Å². The predicted octanol–water partition coefficient (Wildman–Crippen LogP) is 3.47. The van der Waals surface area contributed by atoms with E-state index in [1.807, 2.05) is 25.1 Å². The number of halogens is 1. The Morgan fingerprint density at radius 1 is 1.35 bits per heavy atom. The SMILES string of the molecule is CC(=O)c1cn2c(c(F)c1=O)-c1oc3c(C)cccc3c1CC2.